The fraction of sp³-hybridized carbons (Fsp3) is 0. The molecule has 0 bridgehead atoms. The molecule has 0 saturated carbocycles. The largest absolute Gasteiger partial charge is 0.325 e. The Morgan fingerprint density at radius 3 is 3.15 bits per heavy atom. The summed E-state index contributed by atoms with van der Waals surface area (Å²) in [6, 6.07) is 0. The number of nitrogens with zero attached hydrogens (tertiary/aromatic N) is 3. The second kappa shape index (κ2) is 1.98. The van der Waals surface area contributed by atoms with E-state index in [1.807, 2.05) is 0 Å². The van der Waals surface area contributed by atoms with Crippen LogP contribution in [0.15, 0.2) is 23.5 Å². The quantitative estimate of drug-likeness (QED) is 0.500. The van der Waals surface area contributed by atoms with Crippen LogP contribution in [0.4, 0.5) is 0 Å². The zero-order chi connectivity index (χ0) is 8.84. The van der Waals surface area contributed by atoms with Gasteiger partial charge in [0.1, 0.15) is 11.8 Å². The maximum Gasteiger partial charge on any atom is 0.325 e. The van der Waals surface area contributed by atoms with Gasteiger partial charge in [0.2, 0.25) is 0 Å². The standard InChI is InChI=1S/C7H5N5O/c13-7-10-4-5(11-7)9-3-12-2-1-8-6(4)12/h1-3H,(H2,10,11,13). The van der Waals surface area contributed by atoms with Gasteiger partial charge in [-0.05, 0) is 0 Å². The molecule has 0 unspecified atom stereocenters. The van der Waals surface area contributed by atoms with E-state index in [0.717, 1.165) is 0 Å². The van der Waals surface area contributed by atoms with E-state index in [-0.39, 0.29) is 5.69 Å². The third kappa shape index (κ3) is 0.738. The van der Waals surface area contributed by atoms with Crippen LogP contribution in [0.1, 0.15) is 0 Å². The van der Waals surface area contributed by atoms with E-state index in [1.165, 1.54) is 0 Å². The Labute approximate surface area is 71.3 Å². The molecule has 64 valence electrons. The first-order chi connectivity index (χ1) is 6.34. The SMILES string of the molecule is O=c1[nH]c2ncn3ccnc3c2[nH]1. The van der Waals surface area contributed by atoms with Gasteiger partial charge < -0.3 is 4.98 Å². The molecule has 3 aromatic heterocycles. The highest BCUT2D eigenvalue weighted by Crippen LogP contribution is 2.09. The van der Waals surface area contributed by atoms with Gasteiger partial charge in [-0.15, -0.1) is 0 Å². The van der Waals surface area contributed by atoms with Crippen LogP contribution in [0.3, 0.4) is 0 Å². The van der Waals surface area contributed by atoms with Gasteiger partial charge in [0.15, 0.2) is 11.3 Å². The van der Waals surface area contributed by atoms with Crippen LogP contribution in [-0.4, -0.2) is 24.3 Å². The molecule has 2 N–H and O–H groups in total. The van der Waals surface area contributed by atoms with Gasteiger partial charge in [-0.3, -0.25) is 9.38 Å². The Kier molecular flexibility index (Phi) is 0.974. The Morgan fingerprint density at radius 2 is 2.23 bits per heavy atom. The van der Waals surface area contributed by atoms with Crippen molar-refractivity contribution in [3.05, 3.63) is 29.2 Å². The molecule has 0 aliphatic carbocycles. The number of fused-ring (bicyclic) bond motifs is 3. The van der Waals surface area contributed by atoms with Crippen LogP contribution in [0.2, 0.25) is 0 Å². The van der Waals surface area contributed by atoms with E-state index in [4.69, 9.17) is 0 Å². The molecule has 0 spiro atoms. The molecule has 0 amide bonds. The van der Waals surface area contributed by atoms with Gasteiger partial charge in [0.05, 0.1) is 0 Å². The molecular weight excluding hydrogens is 170 g/mol. The lowest BCUT2D eigenvalue weighted by atomic mass is 10.5. The van der Waals surface area contributed by atoms with E-state index >= 15 is 0 Å². The van der Waals surface area contributed by atoms with Crippen molar-refractivity contribution in [2.24, 2.45) is 0 Å². The van der Waals surface area contributed by atoms with Gasteiger partial charge in [-0.1, -0.05) is 0 Å². The lowest BCUT2D eigenvalue weighted by Crippen LogP contribution is -1.99. The highest BCUT2D eigenvalue weighted by atomic mass is 16.1. The molecule has 0 aliphatic heterocycles. The van der Waals surface area contributed by atoms with Crippen molar-refractivity contribution in [3.63, 3.8) is 0 Å². The molecule has 0 saturated heterocycles. The second-order valence-corrected chi connectivity index (χ2v) is 2.71. The van der Waals surface area contributed by atoms with Crippen molar-refractivity contribution in [2.75, 3.05) is 0 Å². The van der Waals surface area contributed by atoms with Gasteiger partial charge in [0, 0.05) is 12.4 Å². The molecule has 0 aromatic carbocycles. The molecule has 6 heteroatoms. The first-order valence-corrected chi connectivity index (χ1v) is 3.74. The maximum atomic E-state index is 11.0. The molecule has 0 fully saturated rings. The third-order valence-electron chi connectivity index (χ3n) is 1.91. The Balaban J connectivity index is 2.71. The van der Waals surface area contributed by atoms with Crippen molar-refractivity contribution in [1.82, 2.24) is 24.3 Å². The fourth-order valence-corrected chi connectivity index (χ4v) is 1.35. The molecule has 3 heterocycles. The van der Waals surface area contributed by atoms with E-state index in [0.29, 0.717) is 16.8 Å². The normalized spacial score (nSPS) is 11.4. The molecule has 3 aromatic rings. The summed E-state index contributed by atoms with van der Waals surface area (Å²) in [7, 11) is 0. The van der Waals surface area contributed by atoms with Crippen LogP contribution >= 0.6 is 0 Å². The molecular formula is C7H5N5O. The van der Waals surface area contributed by atoms with Crippen LogP contribution in [0, 0.1) is 0 Å². The molecule has 0 aliphatic rings. The summed E-state index contributed by atoms with van der Waals surface area (Å²) in [6.07, 6.45) is 5.03. The zero-order valence-electron chi connectivity index (χ0n) is 6.48. The highest BCUT2D eigenvalue weighted by Gasteiger charge is 2.04. The minimum atomic E-state index is -0.265. The number of hydrogen-bond donors (Lipinski definition) is 2. The van der Waals surface area contributed by atoms with Gasteiger partial charge in [-0.25, -0.2) is 14.8 Å². The maximum absolute atomic E-state index is 11.0. The van der Waals surface area contributed by atoms with Crippen LogP contribution in [-0.2, 0) is 0 Å². The lowest BCUT2D eigenvalue weighted by molar-refractivity contribution is 1.11. The second-order valence-electron chi connectivity index (χ2n) is 2.71. The highest BCUT2D eigenvalue weighted by molar-refractivity contribution is 5.84. The Hall–Kier alpha value is -2.11. The van der Waals surface area contributed by atoms with Crippen LogP contribution in [0.5, 0.6) is 0 Å². The first kappa shape index (κ1) is 6.41. The predicted molar refractivity (Wildman–Crippen MR) is 45.5 cm³/mol. The van der Waals surface area contributed by atoms with E-state index < -0.39 is 0 Å². The number of H-pyrrole nitrogens is 2. The number of aromatic nitrogens is 5. The molecule has 13 heavy (non-hydrogen) atoms. The number of aromatic amines is 2. The minimum absolute atomic E-state index is 0.265. The smallest absolute Gasteiger partial charge is 0.301 e. The van der Waals surface area contributed by atoms with Gasteiger partial charge >= 0.3 is 5.69 Å². The summed E-state index contributed by atoms with van der Waals surface area (Å²) < 4.78 is 1.74. The number of rotatable bonds is 0. The van der Waals surface area contributed by atoms with Crippen LogP contribution in [0.25, 0.3) is 16.8 Å². The predicted octanol–water partition coefficient (Wildman–Crippen LogP) is -0.101. The third-order valence-corrected chi connectivity index (χ3v) is 1.91. The molecule has 3 rings (SSSR count). The monoisotopic (exact) mass is 175 g/mol. The zero-order valence-corrected chi connectivity index (χ0v) is 6.48. The summed E-state index contributed by atoms with van der Waals surface area (Å²) in [5.74, 6) is 0. The summed E-state index contributed by atoms with van der Waals surface area (Å²) in [5.41, 5.74) is 1.60. The van der Waals surface area contributed by atoms with E-state index in [2.05, 4.69) is 19.9 Å². The van der Waals surface area contributed by atoms with Crippen molar-refractivity contribution in [1.29, 1.82) is 0 Å². The van der Waals surface area contributed by atoms with Crippen LogP contribution < -0.4 is 5.69 Å². The minimum Gasteiger partial charge on any atom is -0.301 e. The van der Waals surface area contributed by atoms with Gasteiger partial charge in [-0.2, -0.15) is 0 Å². The summed E-state index contributed by atoms with van der Waals surface area (Å²) >= 11 is 0. The topological polar surface area (TPSA) is 78.8 Å². The number of hydrogen-bond acceptors (Lipinski definition) is 3. The van der Waals surface area contributed by atoms with Crippen molar-refractivity contribution in [2.45, 2.75) is 0 Å². The van der Waals surface area contributed by atoms with E-state index in [1.54, 1.807) is 23.1 Å². The molecule has 0 radical (unpaired) electrons. The van der Waals surface area contributed by atoms with Crippen molar-refractivity contribution < 1.29 is 0 Å². The summed E-state index contributed by atoms with van der Waals surface area (Å²) in [5, 5.41) is 0. The molecule has 0 atom stereocenters. The number of imidazole rings is 2. The first-order valence-electron chi connectivity index (χ1n) is 3.74. The number of nitrogens with one attached hydrogen (secondary N) is 2. The fourth-order valence-electron chi connectivity index (χ4n) is 1.35. The van der Waals surface area contributed by atoms with Gasteiger partial charge in [0.25, 0.3) is 0 Å². The average Bonchev–Trinajstić information content (AvgIpc) is 2.65. The lowest BCUT2D eigenvalue weighted by Gasteiger charge is -1.91. The average molecular weight is 175 g/mol. The Bertz CT molecular complexity index is 631. The summed E-state index contributed by atoms with van der Waals surface area (Å²) in [4.78, 5) is 24.3. The molecule has 6 nitrogen and oxygen atoms in total. The van der Waals surface area contributed by atoms with Crippen molar-refractivity contribution >= 4 is 16.8 Å². The van der Waals surface area contributed by atoms with Crippen molar-refractivity contribution in [3.8, 4) is 0 Å². The van der Waals surface area contributed by atoms with E-state index in [9.17, 15) is 4.79 Å². The Morgan fingerprint density at radius 1 is 1.31 bits per heavy atom. The summed E-state index contributed by atoms with van der Waals surface area (Å²) in [6.45, 7) is 0.